The van der Waals surface area contributed by atoms with Crippen molar-refractivity contribution in [3.63, 3.8) is 0 Å². The van der Waals surface area contributed by atoms with Gasteiger partial charge in [0, 0.05) is 5.57 Å². The average Bonchev–Trinajstić information content (AvgIpc) is 2.40. The number of phenolic OH excluding ortho intramolecular Hbond substituents is 1. The molecule has 0 aromatic heterocycles. The van der Waals surface area contributed by atoms with E-state index >= 15 is 0 Å². The van der Waals surface area contributed by atoms with Gasteiger partial charge in [-0.1, -0.05) is 12.6 Å². The van der Waals surface area contributed by atoms with Gasteiger partial charge in [-0.25, -0.2) is 9.59 Å². The molecule has 0 saturated carbocycles. The molecule has 0 spiro atoms. The molecule has 1 N–H and O–H groups in total. The Kier molecular flexibility index (Phi) is 5.02. The lowest BCUT2D eigenvalue weighted by Gasteiger charge is -2.14. The zero-order chi connectivity index (χ0) is 15.3. The van der Waals surface area contributed by atoms with Crippen LogP contribution in [0.1, 0.15) is 24.2 Å². The maximum atomic E-state index is 11.7. The lowest BCUT2D eigenvalue weighted by Crippen LogP contribution is -2.28. The highest BCUT2D eigenvalue weighted by atomic mass is 16.6. The summed E-state index contributed by atoms with van der Waals surface area (Å²) < 4.78 is 9.66. The van der Waals surface area contributed by atoms with Crippen molar-refractivity contribution in [2.75, 3.05) is 0 Å². The van der Waals surface area contributed by atoms with Gasteiger partial charge in [0.1, 0.15) is 0 Å². The minimum absolute atomic E-state index is 0.0109. The molecule has 0 aliphatic heterocycles. The standard InChI is InChI=1S/C14H14O6/c1-8(2)13(17)19-9(3)14(18)20-12-10(7-15)5-4-6-11(12)16/h4-7,9,16H,1H2,2-3H3. The Hall–Kier alpha value is -2.63. The number of hydrogen-bond donors (Lipinski definition) is 1. The van der Waals surface area contributed by atoms with Crippen LogP contribution in [0, 0.1) is 0 Å². The van der Waals surface area contributed by atoms with Gasteiger partial charge in [-0.05, 0) is 26.0 Å². The number of aldehydes is 1. The van der Waals surface area contributed by atoms with Crippen LogP contribution in [-0.4, -0.2) is 29.4 Å². The molecule has 0 aliphatic carbocycles. The van der Waals surface area contributed by atoms with Gasteiger partial charge in [0.25, 0.3) is 0 Å². The fourth-order valence-electron chi connectivity index (χ4n) is 1.24. The first-order valence-electron chi connectivity index (χ1n) is 5.72. The minimum Gasteiger partial charge on any atom is -0.504 e. The summed E-state index contributed by atoms with van der Waals surface area (Å²) in [5.41, 5.74) is 0.151. The fourth-order valence-corrected chi connectivity index (χ4v) is 1.24. The smallest absolute Gasteiger partial charge is 0.352 e. The monoisotopic (exact) mass is 278 g/mol. The molecule has 6 heteroatoms. The summed E-state index contributed by atoms with van der Waals surface area (Å²) >= 11 is 0. The molecule has 1 unspecified atom stereocenters. The summed E-state index contributed by atoms with van der Waals surface area (Å²) in [5.74, 6) is -2.28. The average molecular weight is 278 g/mol. The highest BCUT2D eigenvalue weighted by Crippen LogP contribution is 2.29. The quantitative estimate of drug-likeness (QED) is 0.381. The van der Waals surface area contributed by atoms with Gasteiger partial charge in [0.2, 0.25) is 0 Å². The molecule has 6 nitrogen and oxygen atoms in total. The number of rotatable bonds is 5. The van der Waals surface area contributed by atoms with Gasteiger partial charge in [-0.15, -0.1) is 0 Å². The van der Waals surface area contributed by atoms with E-state index in [0.717, 1.165) is 0 Å². The van der Waals surface area contributed by atoms with Crippen LogP contribution in [0.25, 0.3) is 0 Å². The molecule has 0 fully saturated rings. The minimum atomic E-state index is -1.20. The molecular weight excluding hydrogens is 264 g/mol. The number of carbonyl (C=O) groups excluding carboxylic acids is 3. The van der Waals surface area contributed by atoms with Crippen molar-refractivity contribution in [2.24, 2.45) is 0 Å². The number of hydrogen-bond acceptors (Lipinski definition) is 6. The summed E-state index contributed by atoms with van der Waals surface area (Å²) in [6, 6.07) is 4.07. The number of carbonyl (C=O) groups is 3. The summed E-state index contributed by atoms with van der Waals surface area (Å²) in [5, 5.41) is 9.57. The van der Waals surface area contributed by atoms with E-state index in [-0.39, 0.29) is 22.6 Å². The van der Waals surface area contributed by atoms with Gasteiger partial charge in [0.05, 0.1) is 5.56 Å². The van der Waals surface area contributed by atoms with Crippen LogP contribution in [0.2, 0.25) is 0 Å². The van der Waals surface area contributed by atoms with Crippen LogP contribution in [-0.2, 0) is 14.3 Å². The predicted molar refractivity (Wildman–Crippen MR) is 69.5 cm³/mol. The molecule has 1 aromatic rings. The number of ether oxygens (including phenoxy) is 2. The first-order chi connectivity index (χ1) is 9.36. The van der Waals surface area contributed by atoms with Crippen molar-refractivity contribution in [2.45, 2.75) is 20.0 Å². The van der Waals surface area contributed by atoms with Crippen LogP contribution < -0.4 is 4.74 Å². The highest BCUT2D eigenvalue weighted by Gasteiger charge is 2.22. The maximum absolute atomic E-state index is 11.7. The van der Waals surface area contributed by atoms with Gasteiger partial charge < -0.3 is 14.6 Å². The Morgan fingerprint density at radius 3 is 2.60 bits per heavy atom. The largest absolute Gasteiger partial charge is 0.504 e. The zero-order valence-electron chi connectivity index (χ0n) is 11.1. The Morgan fingerprint density at radius 2 is 2.05 bits per heavy atom. The van der Waals surface area contributed by atoms with Crippen molar-refractivity contribution < 1.29 is 29.0 Å². The molecule has 0 bridgehead atoms. The summed E-state index contributed by atoms with van der Waals surface area (Å²) in [6.45, 7) is 6.13. The van der Waals surface area contributed by atoms with E-state index in [1.807, 2.05) is 0 Å². The van der Waals surface area contributed by atoms with Gasteiger partial charge in [-0.3, -0.25) is 4.79 Å². The third kappa shape index (κ3) is 3.68. The van der Waals surface area contributed by atoms with Crippen LogP contribution in [0.4, 0.5) is 0 Å². The SMILES string of the molecule is C=C(C)C(=O)OC(C)C(=O)Oc1c(O)cccc1C=O. The van der Waals surface area contributed by atoms with Crippen molar-refractivity contribution in [1.82, 2.24) is 0 Å². The van der Waals surface area contributed by atoms with Crippen LogP contribution >= 0.6 is 0 Å². The van der Waals surface area contributed by atoms with Crippen LogP contribution in [0.3, 0.4) is 0 Å². The van der Waals surface area contributed by atoms with Crippen molar-refractivity contribution in [1.29, 1.82) is 0 Å². The first-order valence-corrected chi connectivity index (χ1v) is 5.72. The summed E-state index contributed by atoms with van der Waals surface area (Å²) in [4.78, 5) is 33.8. The van der Waals surface area contributed by atoms with E-state index in [0.29, 0.717) is 6.29 Å². The summed E-state index contributed by atoms with van der Waals surface area (Å²) in [6.07, 6.45) is -0.759. The molecule has 1 atom stereocenters. The zero-order valence-corrected chi connectivity index (χ0v) is 11.1. The van der Waals surface area contributed by atoms with Gasteiger partial charge >= 0.3 is 11.9 Å². The first kappa shape index (κ1) is 15.4. The van der Waals surface area contributed by atoms with E-state index < -0.39 is 18.0 Å². The second kappa shape index (κ2) is 6.51. The van der Waals surface area contributed by atoms with Crippen molar-refractivity contribution in [3.8, 4) is 11.5 Å². The molecule has 0 aliphatic rings. The number of benzene rings is 1. The van der Waals surface area contributed by atoms with E-state index in [2.05, 4.69) is 6.58 Å². The van der Waals surface area contributed by atoms with Crippen LogP contribution in [0.5, 0.6) is 11.5 Å². The Balaban J connectivity index is 2.83. The summed E-state index contributed by atoms with van der Waals surface area (Å²) in [7, 11) is 0. The third-order valence-electron chi connectivity index (χ3n) is 2.32. The Morgan fingerprint density at radius 1 is 1.40 bits per heavy atom. The maximum Gasteiger partial charge on any atom is 0.352 e. The van der Waals surface area contributed by atoms with Crippen molar-refractivity contribution >= 4 is 18.2 Å². The number of para-hydroxylation sites is 1. The number of aromatic hydroxyl groups is 1. The molecule has 0 radical (unpaired) electrons. The lowest BCUT2D eigenvalue weighted by molar-refractivity contribution is -0.158. The number of phenols is 1. The van der Waals surface area contributed by atoms with E-state index in [1.54, 1.807) is 0 Å². The van der Waals surface area contributed by atoms with Crippen molar-refractivity contribution in [3.05, 3.63) is 35.9 Å². The second-order valence-electron chi connectivity index (χ2n) is 4.06. The predicted octanol–water partition coefficient (Wildman–Crippen LogP) is 1.62. The molecule has 20 heavy (non-hydrogen) atoms. The lowest BCUT2D eigenvalue weighted by atomic mass is 10.2. The molecule has 1 aromatic carbocycles. The third-order valence-corrected chi connectivity index (χ3v) is 2.32. The topological polar surface area (TPSA) is 89.9 Å². The molecular formula is C14H14O6. The Bertz CT molecular complexity index is 561. The Labute approximate surface area is 115 Å². The second-order valence-corrected chi connectivity index (χ2v) is 4.06. The number of esters is 2. The molecule has 106 valence electrons. The fraction of sp³-hybridized carbons (Fsp3) is 0.214. The van der Waals surface area contributed by atoms with E-state index in [1.165, 1.54) is 32.0 Å². The van der Waals surface area contributed by atoms with Crippen LogP contribution in [0.15, 0.2) is 30.4 Å². The van der Waals surface area contributed by atoms with Gasteiger partial charge in [-0.2, -0.15) is 0 Å². The van der Waals surface area contributed by atoms with E-state index in [4.69, 9.17) is 9.47 Å². The molecule has 0 heterocycles. The normalized spacial score (nSPS) is 11.3. The highest BCUT2D eigenvalue weighted by molar-refractivity contribution is 5.90. The van der Waals surface area contributed by atoms with Gasteiger partial charge in [0.15, 0.2) is 23.9 Å². The molecule has 1 rings (SSSR count). The van der Waals surface area contributed by atoms with E-state index in [9.17, 15) is 19.5 Å². The molecule has 0 amide bonds. The molecule has 0 saturated heterocycles.